The first-order valence-electron chi connectivity index (χ1n) is 3.84. The van der Waals surface area contributed by atoms with Crippen LogP contribution < -0.4 is 5.32 Å². The lowest BCUT2D eigenvalue weighted by molar-refractivity contribution is 0.105. The Balaban J connectivity index is 3.74. The van der Waals surface area contributed by atoms with Gasteiger partial charge in [-0.1, -0.05) is 0 Å². The number of aliphatic hydroxyl groups excluding tert-OH is 2. The molecule has 0 amide bonds. The number of hydrogen-bond donors (Lipinski definition) is 4. The zero-order valence-electron chi connectivity index (χ0n) is 7.34. The van der Waals surface area contributed by atoms with Crippen LogP contribution in [0.5, 0.6) is 0 Å². The van der Waals surface area contributed by atoms with Gasteiger partial charge >= 0.3 is 0 Å². The van der Waals surface area contributed by atoms with Crippen LogP contribution >= 0.6 is 0 Å². The topological polar surface area (TPSA) is 107 Å². The van der Waals surface area contributed by atoms with Crippen molar-refractivity contribution < 1.29 is 23.2 Å². The quantitative estimate of drug-likeness (QED) is 0.388. The molecule has 0 aliphatic carbocycles. The zero-order valence-corrected chi connectivity index (χ0v) is 8.16. The molecule has 0 bridgehead atoms. The molecule has 0 heterocycles. The van der Waals surface area contributed by atoms with Crippen LogP contribution in [0.2, 0.25) is 0 Å². The monoisotopic (exact) mass is 213 g/mol. The SMILES string of the molecule is CC(O)C(CO)NCCS(=O)(=O)O. The Morgan fingerprint density at radius 1 is 1.46 bits per heavy atom. The Morgan fingerprint density at radius 3 is 2.31 bits per heavy atom. The highest BCUT2D eigenvalue weighted by Crippen LogP contribution is 1.91. The van der Waals surface area contributed by atoms with Crippen molar-refractivity contribution in [2.45, 2.75) is 19.1 Å². The van der Waals surface area contributed by atoms with Crippen molar-refractivity contribution in [3.8, 4) is 0 Å². The van der Waals surface area contributed by atoms with Gasteiger partial charge in [-0.05, 0) is 6.92 Å². The Labute approximate surface area is 77.3 Å². The first-order chi connectivity index (χ1) is 5.87. The summed E-state index contributed by atoms with van der Waals surface area (Å²) in [7, 11) is -3.98. The van der Waals surface area contributed by atoms with Crippen LogP contribution in [0.3, 0.4) is 0 Å². The Bertz CT molecular complexity index is 225. The minimum atomic E-state index is -3.98. The van der Waals surface area contributed by atoms with E-state index in [-0.39, 0.29) is 13.2 Å². The molecule has 0 spiro atoms. The molecule has 80 valence electrons. The van der Waals surface area contributed by atoms with Crippen LogP contribution in [0.1, 0.15) is 6.92 Å². The van der Waals surface area contributed by atoms with Gasteiger partial charge in [-0.3, -0.25) is 4.55 Å². The molecule has 13 heavy (non-hydrogen) atoms. The molecule has 6 nitrogen and oxygen atoms in total. The third-order valence-electron chi connectivity index (χ3n) is 1.55. The van der Waals surface area contributed by atoms with E-state index in [1.165, 1.54) is 6.92 Å². The van der Waals surface area contributed by atoms with Gasteiger partial charge < -0.3 is 15.5 Å². The maximum absolute atomic E-state index is 10.3. The fourth-order valence-corrected chi connectivity index (χ4v) is 1.14. The molecule has 0 aromatic heterocycles. The minimum Gasteiger partial charge on any atom is -0.395 e. The fourth-order valence-electron chi connectivity index (χ4n) is 0.761. The lowest BCUT2D eigenvalue weighted by atomic mass is 10.2. The number of rotatable bonds is 6. The van der Waals surface area contributed by atoms with Gasteiger partial charge in [0.05, 0.1) is 24.5 Å². The largest absolute Gasteiger partial charge is 0.395 e. The van der Waals surface area contributed by atoms with Crippen molar-refractivity contribution in [2.24, 2.45) is 0 Å². The van der Waals surface area contributed by atoms with E-state index in [2.05, 4.69) is 5.32 Å². The second kappa shape index (κ2) is 5.51. The van der Waals surface area contributed by atoms with E-state index in [4.69, 9.17) is 14.8 Å². The Hall–Kier alpha value is -0.210. The molecule has 0 aliphatic rings. The molecule has 0 aromatic rings. The van der Waals surface area contributed by atoms with Crippen LogP contribution in [0, 0.1) is 0 Å². The average Bonchev–Trinajstić information content (AvgIpc) is 1.95. The van der Waals surface area contributed by atoms with Crippen molar-refractivity contribution in [3.63, 3.8) is 0 Å². The Morgan fingerprint density at radius 2 is 2.00 bits per heavy atom. The normalized spacial score (nSPS) is 16.9. The second-order valence-corrected chi connectivity index (χ2v) is 4.34. The first kappa shape index (κ1) is 12.8. The van der Waals surface area contributed by atoms with Crippen LogP contribution in [0.4, 0.5) is 0 Å². The van der Waals surface area contributed by atoms with E-state index in [9.17, 15) is 8.42 Å². The average molecular weight is 213 g/mol. The van der Waals surface area contributed by atoms with Gasteiger partial charge in [-0.2, -0.15) is 8.42 Å². The number of aliphatic hydroxyl groups is 2. The van der Waals surface area contributed by atoms with Crippen molar-refractivity contribution in [2.75, 3.05) is 18.9 Å². The molecule has 0 fully saturated rings. The van der Waals surface area contributed by atoms with Gasteiger partial charge in [0.15, 0.2) is 0 Å². The molecular weight excluding hydrogens is 198 g/mol. The van der Waals surface area contributed by atoms with Gasteiger partial charge in [0, 0.05) is 6.54 Å². The molecule has 0 saturated heterocycles. The summed E-state index contributed by atoms with van der Waals surface area (Å²) in [5.74, 6) is -0.434. The lowest BCUT2D eigenvalue weighted by Gasteiger charge is -2.18. The molecule has 0 radical (unpaired) electrons. The Kier molecular flexibility index (Phi) is 5.42. The number of hydrogen-bond acceptors (Lipinski definition) is 5. The van der Waals surface area contributed by atoms with Crippen LogP contribution in [-0.4, -0.2) is 54.2 Å². The maximum atomic E-state index is 10.3. The molecule has 0 aromatic carbocycles. The third-order valence-corrected chi connectivity index (χ3v) is 2.27. The molecule has 0 saturated carbocycles. The number of nitrogens with one attached hydrogen (secondary N) is 1. The molecule has 0 rings (SSSR count). The van der Waals surface area contributed by atoms with E-state index in [0.29, 0.717) is 0 Å². The standard InChI is InChI=1S/C6H15NO5S/c1-5(9)6(4-8)7-2-3-13(10,11)12/h5-9H,2-4H2,1H3,(H,10,11,12). The highest BCUT2D eigenvalue weighted by molar-refractivity contribution is 7.85. The predicted molar refractivity (Wildman–Crippen MR) is 47.0 cm³/mol. The first-order valence-corrected chi connectivity index (χ1v) is 5.45. The summed E-state index contributed by atoms with van der Waals surface area (Å²) in [6.07, 6.45) is -0.772. The lowest BCUT2D eigenvalue weighted by Crippen LogP contribution is -2.43. The summed E-state index contributed by atoms with van der Waals surface area (Å²) in [5.41, 5.74) is 0. The summed E-state index contributed by atoms with van der Waals surface area (Å²) in [4.78, 5) is 0. The third kappa shape index (κ3) is 6.91. The summed E-state index contributed by atoms with van der Waals surface area (Å²) in [6.45, 7) is 1.18. The van der Waals surface area contributed by atoms with E-state index in [1.807, 2.05) is 0 Å². The molecule has 2 unspecified atom stereocenters. The van der Waals surface area contributed by atoms with E-state index in [0.717, 1.165) is 0 Å². The van der Waals surface area contributed by atoms with Gasteiger partial charge in [-0.25, -0.2) is 0 Å². The van der Waals surface area contributed by atoms with E-state index >= 15 is 0 Å². The van der Waals surface area contributed by atoms with Gasteiger partial charge in [0.1, 0.15) is 0 Å². The van der Waals surface area contributed by atoms with Crippen LogP contribution in [0.15, 0.2) is 0 Å². The van der Waals surface area contributed by atoms with Crippen LogP contribution in [0.25, 0.3) is 0 Å². The molecular formula is C6H15NO5S. The molecule has 4 N–H and O–H groups in total. The molecule has 2 atom stereocenters. The van der Waals surface area contributed by atoms with Gasteiger partial charge in [-0.15, -0.1) is 0 Å². The van der Waals surface area contributed by atoms with Crippen molar-refractivity contribution in [1.82, 2.24) is 5.32 Å². The summed E-state index contributed by atoms with van der Waals surface area (Å²) in [5, 5.41) is 20.3. The fraction of sp³-hybridized carbons (Fsp3) is 1.00. The van der Waals surface area contributed by atoms with Crippen molar-refractivity contribution in [3.05, 3.63) is 0 Å². The van der Waals surface area contributed by atoms with E-state index < -0.39 is 28.0 Å². The highest BCUT2D eigenvalue weighted by Gasteiger charge is 2.13. The second-order valence-electron chi connectivity index (χ2n) is 2.77. The molecule has 0 aliphatic heterocycles. The van der Waals surface area contributed by atoms with Crippen LogP contribution in [-0.2, 0) is 10.1 Å². The van der Waals surface area contributed by atoms with Gasteiger partial charge in [0.25, 0.3) is 10.1 Å². The maximum Gasteiger partial charge on any atom is 0.266 e. The zero-order chi connectivity index (χ0) is 10.5. The summed E-state index contributed by atoms with van der Waals surface area (Å²) < 4.78 is 28.9. The van der Waals surface area contributed by atoms with Crippen molar-refractivity contribution in [1.29, 1.82) is 0 Å². The van der Waals surface area contributed by atoms with E-state index in [1.54, 1.807) is 0 Å². The summed E-state index contributed by atoms with van der Waals surface area (Å²) >= 11 is 0. The van der Waals surface area contributed by atoms with Gasteiger partial charge in [0.2, 0.25) is 0 Å². The summed E-state index contributed by atoms with van der Waals surface area (Å²) in [6, 6.07) is -0.568. The molecule has 7 heteroatoms. The predicted octanol–water partition coefficient (Wildman–Crippen LogP) is -1.79. The van der Waals surface area contributed by atoms with Crippen molar-refractivity contribution >= 4 is 10.1 Å². The highest BCUT2D eigenvalue weighted by atomic mass is 32.2. The minimum absolute atomic E-state index is 0.00500. The smallest absolute Gasteiger partial charge is 0.266 e.